The first-order valence-corrected chi connectivity index (χ1v) is 23.3. The van der Waals surface area contributed by atoms with Crippen LogP contribution in [0.2, 0.25) is 0 Å². The molecule has 0 aliphatic rings. The van der Waals surface area contributed by atoms with E-state index in [4.69, 9.17) is 4.74 Å². The standard InChI is InChI=1S/C51H87NO5/c1-4-7-10-13-16-19-21-23-25-26-28-31-33-36-39-42-47(57-51(56)44-41-38-35-32-29-27-24-22-20-17-14-11-8-5-2)45-50(55)52-48(46-53)49(54)43-40-37-34-30-18-15-12-9-6-3/h7-8,10-11,16-17,19-20,23,25,28,31,36,39,47-49,53-54H,4-6,9,12-15,18,21-22,24,26-27,29-30,32-35,37-38,40-46H2,1-3H3,(H,52,55)/b10-7-,11-8+,19-16-,20-17+,25-23-,31-28-,39-36-. The second-order valence-corrected chi connectivity index (χ2v) is 15.4. The van der Waals surface area contributed by atoms with Crippen LogP contribution in [-0.2, 0) is 14.3 Å². The number of carbonyl (C=O) groups is 2. The molecule has 0 bridgehead atoms. The molecule has 6 heteroatoms. The second-order valence-electron chi connectivity index (χ2n) is 15.4. The summed E-state index contributed by atoms with van der Waals surface area (Å²) in [6.45, 7) is 6.19. The number of esters is 1. The van der Waals surface area contributed by atoms with Gasteiger partial charge in [0.25, 0.3) is 0 Å². The molecule has 0 aromatic heterocycles. The Morgan fingerprint density at radius 2 is 0.982 bits per heavy atom. The predicted molar refractivity (Wildman–Crippen MR) is 245 cm³/mol. The highest BCUT2D eigenvalue weighted by molar-refractivity contribution is 5.77. The molecule has 0 rings (SSSR count). The Labute approximate surface area is 351 Å². The van der Waals surface area contributed by atoms with Gasteiger partial charge >= 0.3 is 5.97 Å². The van der Waals surface area contributed by atoms with Crippen molar-refractivity contribution >= 4 is 11.9 Å². The SMILES string of the molecule is CC/C=C\C/C=C\C/C=C\C/C=C\C/C=C\CC(CC(=O)NC(CO)C(O)CCCCCCCCCCC)OC(=O)CCCCCCCCC/C=C/C/C=C/CC. The minimum Gasteiger partial charge on any atom is -0.461 e. The summed E-state index contributed by atoms with van der Waals surface area (Å²) < 4.78 is 5.84. The lowest BCUT2D eigenvalue weighted by Gasteiger charge is -2.24. The Balaban J connectivity index is 4.78. The molecular formula is C51H87NO5. The van der Waals surface area contributed by atoms with E-state index in [-0.39, 0.29) is 24.9 Å². The monoisotopic (exact) mass is 794 g/mol. The number of carbonyl (C=O) groups excluding carboxylic acids is 2. The molecule has 0 heterocycles. The molecule has 326 valence electrons. The van der Waals surface area contributed by atoms with Crippen molar-refractivity contribution in [1.29, 1.82) is 0 Å². The number of unbranched alkanes of at least 4 members (excludes halogenated alkanes) is 15. The van der Waals surface area contributed by atoms with Gasteiger partial charge in [-0.15, -0.1) is 0 Å². The van der Waals surface area contributed by atoms with Crippen LogP contribution in [-0.4, -0.2) is 46.9 Å². The summed E-state index contributed by atoms with van der Waals surface area (Å²) in [5, 5.41) is 23.6. The van der Waals surface area contributed by atoms with Crippen LogP contribution in [0, 0.1) is 0 Å². The number of nitrogens with one attached hydrogen (secondary N) is 1. The Kier molecular flexibility index (Phi) is 41.9. The van der Waals surface area contributed by atoms with E-state index in [2.05, 4.69) is 99.0 Å². The van der Waals surface area contributed by atoms with Crippen LogP contribution in [0.1, 0.15) is 201 Å². The van der Waals surface area contributed by atoms with Gasteiger partial charge in [-0.25, -0.2) is 0 Å². The van der Waals surface area contributed by atoms with Crippen LogP contribution < -0.4 is 5.32 Å². The third kappa shape index (κ3) is 39.6. The lowest BCUT2D eigenvalue weighted by Crippen LogP contribution is -2.46. The first-order valence-electron chi connectivity index (χ1n) is 23.3. The van der Waals surface area contributed by atoms with Crippen molar-refractivity contribution in [3.8, 4) is 0 Å². The van der Waals surface area contributed by atoms with Gasteiger partial charge in [0, 0.05) is 12.8 Å². The Bertz CT molecular complexity index is 1120. The molecule has 0 aliphatic heterocycles. The maximum absolute atomic E-state index is 13.1. The number of aliphatic hydroxyl groups is 2. The zero-order chi connectivity index (χ0) is 41.7. The molecule has 3 atom stereocenters. The van der Waals surface area contributed by atoms with Crippen molar-refractivity contribution in [3.63, 3.8) is 0 Å². The molecule has 0 saturated heterocycles. The van der Waals surface area contributed by atoms with Gasteiger partial charge in [0.05, 0.1) is 25.2 Å². The lowest BCUT2D eigenvalue weighted by molar-refractivity contribution is -0.150. The van der Waals surface area contributed by atoms with E-state index in [0.717, 1.165) is 89.9 Å². The van der Waals surface area contributed by atoms with Gasteiger partial charge < -0.3 is 20.3 Å². The molecule has 0 spiro atoms. The van der Waals surface area contributed by atoms with Crippen LogP contribution in [0.4, 0.5) is 0 Å². The maximum atomic E-state index is 13.1. The van der Waals surface area contributed by atoms with E-state index in [9.17, 15) is 19.8 Å². The molecule has 0 aromatic carbocycles. The summed E-state index contributed by atoms with van der Waals surface area (Å²) in [6.07, 6.45) is 56.6. The number of hydrogen-bond donors (Lipinski definition) is 3. The Hall–Kier alpha value is -2.96. The number of rotatable bonds is 40. The second kappa shape index (κ2) is 44.1. The van der Waals surface area contributed by atoms with Gasteiger partial charge in [-0.3, -0.25) is 9.59 Å². The third-order valence-electron chi connectivity index (χ3n) is 9.97. The van der Waals surface area contributed by atoms with Crippen molar-refractivity contribution in [3.05, 3.63) is 85.1 Å². The zero-order valence-electron chi connectivity index (χ0n) is 36.9. The predicted octanol–water partition coefficient (Wildman–Crippen LogP) is 13.6. The molecule has 0 aliphatic carbocycles. The van der Waals surface area contributed by atoms with Crippen LogP contribution in [0.25, 0.3) is 0 Å². The molecule has 3 unspecified atom stereocenters. The molecule has 1 amide bonds. The van der Waals surface area contributed by atoms with Gasteiger partial charge in [-0.05, 0) is 70.6 Å². The topological polar surface area (TPSA) is 95.9 Å². The first-order chi connectivity index (χ1) is 28.0. The maximum Gasteiger partial charge on any atom is 0.306 e. The molecule has 57 heavy (non-hydrogen) atoms. The third-order valence-corrected chi connectivity index (χ3v) is 9.97. The van der Waals surface area contributed by atoms with E-state index < -0.39 is 18.2 Å². The van der Waals surface area contributed by atoms with Crippen molar-refractivity contribution in [2.24, 2.45) is 0 Å². The Morgan fingerprint density at radius 3 is 1.49 bits per heavy atom. The average Bonchev–Trinajstić information content (AvgIpc) is 3.20. The van der Waals surface area contributed by atoms with Crippen LogP contribution in [0.3, 0.4) is 0 Å². The van der Waals surface area contributed by atoms with Crippen molar-refractivity contribution < 1.29 is 24.5 Å². The van der Waals surface area contributed by atoms with Crippen LogP contribution >= 0.6 is 0 Å². The average molecular weight is 794 g/mol. The molecule has 0 fully saturated rings. The van der Waals surface area contributed by atoms with Gasteiger partial charge in [-0.1, -0.05) is 196 Å². The van der Waals surface area contributed by atoms with E-state index in [1.165, 1.54) is 64.2 Å². The summed E-state index contributed by atoms with van der Waals surface area (Å²) in [5.41, 5.74) is 0. The van der Waals surface area contributed by atoms with E-state index in [1.54, 1.807) is 0 Å². The number of ether oxygens (including phenoxy) is 1. The minimum atomic E-state index is -0.815. The quantitative estimate of drug-likeness (QED) is 0.0326. The fourth-order valence-corrected chi connectivity index (χ4v) is 6.49. The number of aliphatic hydroxyl groups excluding tert-OH is 2. The normalized spacial score (nSPS) is 14.1. The summed E-state index contributed by atoms with van der Waals surface area (Å²) in [4.78, 5) is 26.0. The Morgan fingerprint density at radius 1 is 0.544 bits per heavy atom. The van der Waals surface area contributed by atoms with Gasteiger partial charge in [-0.2, -0.15) is 0 Å². The summed E-state index contributed by atoms with van der Waals surface area (Å²) >= 11 is 0. The fraction of sp³-hybridized carbons (Fsp3) is 0.686. The highest BCUT2D eigenvalue weighted by Gasteiger charge is 2.23. The summed E-state index contributed by atoms with van der Waals surface area (Å²) in [7, 11) is 0. The highest BCUT2D eigenvalue weighted by Crippen LogP contribution is 2.15. The summed E-state index contributed by atoms with van der Waals surface area (Å²) in [5.74, 6) is -0.598. The van der Waals surface area contributed by atoms with E-state index in [1.807, 2.05) is 12.2 Å². The smallest absolute Gasteiger partial charge is 0.306 e. The molecular weight excluding hydrogens is 707 g/mol. The first kappa shape index (κ1) is 54.0. The highest BCUT2D eigenvalue weighted by atomic mass is 16.5. The molecule has 3 N–H and O–H groups in total. The van der Waals surface area contributed by atoms with Crippen LogP contribution in [0.15, 0.2) is 85.1 Å². The fourth-order valence-electron chi connectivity index (χ4n) is 6.49. The molecule has 6 nitrogen and oxygen atoms in total. The lowest BCUT2D eigenvalue weighted by atomic mass is 10.0. The van der Waals surface area contributed by atoms with Gasteiger partial charge in [0.15, 0.2) is 0 Å². The number of hydrogen-bond acceptors (Lipinski definition) is 5. The van der Waals surface area contributed by atoms with Crippen molar-refractivity contribution in [2.75, 3.05) is 6.61 Å². The largest absolute Gasteiger partial charge is 0.461 e. The zero-order valence-corrected chi connectivity index (χ0v) is 36.9. The number of allylic oxidation sites excluding steroid dienone is 13. The van der Waals surface area contributed by atoms with Gasteiger partial charge in [0.1, 0.15) is 6.10 Å². The molecule has 0 saturated carbocycles. The van der Waals surface area contributed by atoms with E-state index in [0.29, 0.717) is 19.3 Å². The van der Waals surface area contributed by atoms with E-state index >= 15 is 0 Å². The molecule has 0 aromatic rings. The van der Waals surface area contributed by atoms with Crippen LogP contribution in [0.5, 0.6) is 0 Å². The minimum absolute atomic E-state index is 0.00800. The van der Waals surface area contributed by atoms with Gasteiger partial charge in [0.2, 0.25) is 5.91 Å². The van der Waals surface area contributed by atoms with Crippen molar-refractivity contribution in [2.45, 2.75) is 219 Å². The molecule has 0 radical (unpaired) electrons. The van der Waals surface area contributed by atoms with Crippen molar-refractivity contribution in [1.82, 2.24) is 5.32 Å². The number of amides is 1. The summed E-state index contributed by atoms with van der Waals surface area (Å²) in [6, 6.07) is -0.735.